The molecular formula is C11H5F6NO2S. The Labute approximate surface area is 118 Å². The monoisotopic (exact) mass is 329 g/mol. The van der Waals surface area contributed by atoms with Gasteiger partial charge in [0.05, 0.1) is 23.8 Å². The minimum Gasteiger partial charge on any atom is -0.465 e. The molecule has 0 bridgehead atoms. The van der Waals surface area contributed by atoms with Crippen molar-refractivity contribution in [1.82, 2.24) is 0 Å². The third kappa shape index (κ3) is 4.29. The molecule has 0 unspecified atom stereocenters. The van der Waals surface area contributed by atoms with E-state index in [0.717, 1.165) is 7.11 Å². The molecule has 0 aliphatic rings. The van der Waals surface area contributed by atoms with Gasteiger partial charge in [-0.15, -0.1) is 0 Å². The van der Waals surface area contributed by atoms with Gasteiger partial charge in [0.2, 0.25) is 0 Å². The van der Waals surface area contributed by atoms with Crippen LogP contribution in [0.15, 0.2) is 17.0 Å². The summed E-state index contributed by atoms with van der Waals surface area (Å²) < 4.78 is 79.8. The van der Waals surface area contributed by atoms with Crippen LogP contribution in [0.2, 0.25) is 0 Å². The molecule has 0 heterocycles. The van der Waals surface area contributed by atoms with Gasteiger partial charge in [-0.3, -0.25) is 0 Å². The number of nitriles is 1. The van der Waals surface area contributed by atoms with Gasteiger partial charge in [0.1, 0.15) is 6.07 Å². The summed E-state index contributed by atoms with van der Waals surface area (Å²) in [6.45, 7) is 0. The second-order valence-corrected chi connectivity index (χ2v) is 4.62. The quantitative estimate of drug-likeness (QED) is 0.468. The van der Waals surface area contributed by atoms with E-state index in [9.17, 15) is 31.1 Å². The van der Waals surface area contributed by atoms with E-state index < -0.39 is 51.0 Å². The first-order chi connectivity index (χ1) is 9.49. The fourth-order valence-corrected chi connectivity index (χ4v) is 2.11. The summed E-state index contributed by atoms with van der Waals surface area (Å²) in [6, 6.07) is 2.06. The number of esters is 1. The SMILES string of the molecule is COC(=O)c1cc(C#N)c(SC(F)(F)F)c(C(F)(F)F)c1. The first kappa shape index (κ1) is 17.2. The van der Waals surface area contributed by atoms with Gasteiger partial charge in [-0.05, 0) is 23.9 Å². The summed E-state index contributed by atoms with van der Waals surface area (Å²) in [5.41, 5.74) is -8.30. The number of rotatable bonds is 2. The Bertz CT molecular complexity index is 602. The third-order valence-corrected chi connectivity index (χ3v) is 3.03. The molecular weight excluding hydrogens is 324 g/mol. The lowest BCUT2D eigenvalue weighted by Crippen LogP contribution is -2.13. The van der Waals surface area contributed by atoms with Gasteiger partial charge < -0.3 is 4.74 Å². The molecule has 1 aromatic carbocycles. The van der Waals surface area contributed by atoms with Gasteiger partial charge in [0.15, 0.2) is 0 Å². The van der Waals surface area contributed by atoms with Crippen molar-refractivity contribution in [1.29, 1.82) is 5.26 Å². The Morgan fingerprint density at radius 1 is 1.24 bits per heavy atom. The molecule has 1 rings (SSSR count). The predicted octanol–water partition coefficient (Wildman–Crippen LogP) is 3.98. The highest BCUT2D eigenvalue weighted by atomic mass is 32.2. The number of hydrogen-bond acceptors (Lipinski definition) is 4. The molecule has 0 saturated heterocycles. The summed E-state index contributed by atoms with van der Waals surface area (Å²) in [5, 5.41) is 8.73. The zero-order valence-electron chi connectivity index (χ0n) is 10.1. The summed E-state index contributed by atoms with van der Waals surface area (Å²) in [7, 11) is 0.889. The van der Waals surface area contributed by atoms with E-state index in [2.05, 4.69) is 4.74 Å². The highest BCUT2D eigenvalue weighted by Gasteiger charge is 2.40. The Morgan fingerprint density at radius 3 is 2.19 bits per heavy atom. The number of thioether (sulfide) groups is 1. The molecule has 21 heavy (non-hydrogen) atoms. The Kier molecular flexibility index (Phi) is 4.78. The molecule has 10 heteroatoms. The van der Waals surface area contributed by atoms with Crippen molar-refractivity contribution in [2.45, 2.75) is 16.6 Å². The van der Waals surface area contributed by atoms with E-state index in [4.69, 9.17) is 5.26 Å². The molecule has 0 N–H and O–H groups in total. The van der Waals surface area contributed by atoms with E-state index >= 15 is 0 Å². The van der Waals surface area contributed by atoms with Gasteiger partial charge in [-0.1, -0.05) is 0 Å². The molecule has 0 aliphatic heterocycles. The highest BCUT2D eigenvalue weighted by Crippen LogP contribution is 2.45. The van der Waals surface area contributed by atoms with Crippen LogP contribution in [0.5, 0.6) is 0 Å². The molecule has 0 radical (unpaired) electrons. The number of alkyl halides is 6. The lowest BCUT2D eigenvalue weighted by Gasteiger charge is -2.16. The van der Waals surface area contributed by atoms with Crippen molar-refractivity contribution in [2.75, 3.05) is 7.11 Å². The van der Waals surface area contributed by atoms with Crippen LogP contribution >= 0.6 is 11.8 Å². The minimum absolute atomic E-state index is 0.223. The number of hydrogen-bond donors (Lipinski definition) is 0. The van der Waals surface area contributed by atoms with E-state index in [0.29, 0.717) is 6.07 Å². The Hall–Kier alpha value is -1.89. The first-order valence-corrected chi connectivity index (χ1v) is 5.80. The number of carbonyl (C=O) groups is 1. The molecule has 0 amide bonds. The van der Waals surface area contributed by atoms with Crippen LogP contribution in [-0.2, 0) is 10.9 Å². The molecule has 3 nitrogen and oxygen atoms in total. The summed E-state index contributed by atoms with van der Waals surface area (Å²) in [6.07, 6.45) is -5.16. The van der Waals surface area contributed by atoms with Crippen LogP contribution in [0, 0.1) is 11.3 Å². The summed E-state index contributed by atoms with van der Waals surface area (Å²) >= 11 is -1.06. The average molecular weight is 329 g/mol. The normalized spacial score (nSPS) is 11.9. The molecule has 0 saturated carbocycles. The fourth-order valence-electron chi connectivity index (χ4n) is 1.38. The number of benzene rings is 1. The number of nitrogens with zero attached hydrogens (tertiary/aromatic N) is 1. The largest absolute Gasteiger partial charge is 0.465 e. The van der Waals surface area contributed by atoms with E-state index in [1.54, 1.807) is 0 Å². The number of ether oxygens (including phenoxy) is 1. The zero-order chi connectivity index (χ0) is 16.4. The van der Waals surface area contributed by atoms with Gasteiger partial charge >= 0.3 is 17.7 Å². The minimum atomic E-state index is -5.16. The molecule has 1 aromatic rings. The van der Waals surface area contributed by atoms with Crippen LogP contribution < -0.4 is 0 Å². The molecule has 0 aliphatic carbocycles. The fraction of sp³-hybridized carbons (Fsp3) is 0.273. The van der Waals surface area contributed by atoms with Crippen LogP contribution in [0.25, 0.3) is 0 Å². The second-order valence-electron chi connectivity index (χ2n) is 3.55. The smallest absolute Gasteiger partial charge is 0.446 e. The van der Waals surface area contributed by atoms with Crippen molar-refractivity contribution >= 4 is 17.7 Å². The maximum absolute atomic E-state index is 12.8. The first-order valence-electron chi connectivity index (χ1n) is 4.99. The van der Waals surface area contributed by atoms with Gasteiger partial charge in [-0.2, -0.15) is 31.6 Å². The molecule has 0 fully saturated rings. The van der Waals surface area contributed by atoms with E-state index in [-0.39, 0.29) is 6.07 Å². The van der Waals surface area contributed by atoms with E-state index in [1.165, 1.54) is 6.07 Å². The summed E-state index contributed by atoms with van der Waals surface area (Å²) in [4.78, 5) is 9.93. The Morgan fingerprint density at radius 2 is 1.81 bits per heavy atom. The second kappa shape index (κ2) is 5.85. The van der Waals surface area contributed by atoms with Crippen LogP contribution in [-0.4, -0.2) is 18.6 Å². The zero-order valence-corrected chi connectivity index (χ0v) is 10.9. The lowest BCUT2D eigenvalue weighted by atomic mass is 10.1. The Balaban J connectivity index is 3.61. The van der Waals surface area contributed by atoms with Gasteiger partial charge in [0.25, 0.3) is 0 Å². The highest BCUT2D eigenvalue weighted by molar-refractivity contribution is 8.00. The molecule has 0 aromatic heterocycles. The van der Waals surface area contributed by atoms with Crippen LogP contribution in [0.4, 0.5) is 26.3 Å². The van der Waals surface area contributed by atoms with Crippen molar-refractivity contribution in [3.05, 3.63) is 28.8 Å². The van der Waals surface area contributed by atoms with E-state index in [1.807, 2.05) is 0 Å². The molecule has 0 atom stereocenters. The summed E-state index contributed by atoms with van der Waals surface area (Å²) in [5.74, 6) is -1.19. The van der Waals surface area contributed by atoms with Gasteiger partial charge in [-0.25, -0.2) is 4.79 Å². The average Bonchev–Trinajstić information content (AvgIpc) is 2.34. The lowest BCUT2D eigenvalue weighted by molar-refractivity contribution is -0.139. The standard InChI is InChI=1S/C11H5F6NO2S/c1-20-9(19)5-2-6(4-18)8(21-11(15,16)17)7(3-5)10(12,13)14/h2-3H,1H3. The topological polar surface area (TPSA) is 50.1 Å². The third-order valence-electron chi connectivity index (χ3n) is 2.15. The number of carbonyl (C=O) groups excluding carboxylic acids is 1. The van der Waals surface area contributed by atoms with Gasteiger partial charge in [0, 0.05) is 4.90 Å². The van der Waals surface area contributed by atoms with Crippen LogP contribution in [0.1, 0.15) is 21.5 Å². The van der Waals surface area contributed by atoms with Crippen molar-refractivity contribution in [2.24, 2.45) is 0 Å². The van der Waals surface area contributed by atoms with Crippen molar-refractivity contribution < 1.29 is 35.9 Å². The molecule has 114 valence electrons. The number of halogens is 6. The molecule has 0 spiro atoms. The maximum Gasteiger partial charge on any atom is 0.446 e. The number of methoxy groups -OCH3 is 1. The maximum atomic E-state index is 12.8. The predicted molar refractivity (Wildman–Crippen MR) is 59.4 cm³/mol. The van der Waals surface area contributed by atoms with Crippen molar-refractivity contribution in [3.63, 3.8) is 0 Å². The van der Waals surface area contributed by atoms with Crippen LogP contribution in [0.3, 0.4) is 0 Å². The van der Waals surface area contributed by atoms with Crippen molar-refractivity contribution in [3.8, 4) is 6.07 Å².